The van der Waals surface area contributed by atoms with E-state index in [9.17, 15) is 23.1 Å². The summed E-state index contributed by atoms with van der Waals surface area (Å²) in [6, 6.07) is 12.5. The predicted molar refractivity (Wildman–Crippen MR) is 140 cm³/mol. The molecule has 3 rings (SSSR count). The molecule has 10 heteroatoms. The fourth-order valence-electron chi connectivity index (χ4n) is 4.74. The van der Waals surface area contributed by atoms with Crippen LogP contribution in [0, 0.1) is 11.3 Å². The highest BCUT2D eigenvalue weighted by molar-refractivity contribution is 7.88. The quantitative estimate of drug-likeness (QED) is 0.501. The molecule has 1 fully saturated rings. The number of likely N-dealkylation sites (tertiary alicyclic amines) is 1. The number of aliphatic hydroxyl groups is 1. The Kier molecular flexibility index (Phi) is 8.20. The van der Waals surface area contributed by atoms with Crippen LogP contribution in [-0.4, -0.2) is 49.4 Å². The second kappa shape index (κ2) is 10.5. The topological polar surface area (TPSA) is 130 Å². The van der Waals surface area contributed by atoms with Crippen molar-refractivity contribution in [1.29, 1.82) is 0 Å². The van der Waals surface area contributed by atoms with Crippen molar-refractivity contribution in [2.45, 2.75) is 51.5 Å². The second-order valence-electron chi connectivity index (χ2n) is 10.5. The van der Waals surface area contributed by atoms with Crippen molar-refractivity contribution in [3.05, 3.63) is 70.2 Å². The number of nitrogens with zero attached hydrogens (tertiary/aromatic N) is 1. The average Bonchev–Trinajstić information content (AvgIpc) is 2.78. The molecule has 196 valence electrons. The fourth-order valence-corrected chi connectivity index (χ4v) is 5.51. The summed E-state index contributed by atoms with van der Waals surface area (Å²) >= 11 is 6.02. The molecule has 2 atom stereocenters. The molecule has 36 heavy (non-hydrogen) atoms. The van der Waals surface area contributed by atoms with Gasteiger partial charge in [-0.2, -0.15) is 0 Å². The Labute approximate surface area is 217 Å². The van der Waals surface area contributed by atoms with Crippen LogP contribution < -0.4 is 10.5 Å². The fraction of sp³-hybridized carbons (Fsp3) is 0.462. The zero-order chi connectivity index (χ0) is 26.9. The Morgan fingerprint density at radius 2 is 1.81 bits per heavy atom. The lowest BCUT2D eigenvalue weighted by molar-refractivity contribution is -0.155. The molecule has 4 N–H and O–H groups in total. The third kappa shape index (κ3) is 6.26. The summed E-state index contributed by atoms with van der Waals surface area (Å²) in [4.78, 5) is 28.2. The highest BCUT2D eigenvalue weighted by Crippen LogP contribution is 2.46. The van der Waals surface area contributed by atoms with E-state index in [2.05, 4.69) is 5.32 Å². The van der Waals surface area contributed by atoms with E-state index in [0.29, 0.717) is 30.1 Å². The van der Waals surface area contributed by atoms with Crippen LogP contribution in [0.5, 0.6) is 0 Å². The largest absolute Gasteiger partial charge is 0.384 e. The van der Waals surface area contributed by atoms with Crippen LogP contribution >= 0.6 is 11.6 Å². The summed E-state index contributed by atoms with van der Waals surface area (Å²) in [6.07, 6.45) is 0.335. The van der Waals surface area contributed by atoms with Crippen molar-refractivity contribution < 1.29 is 23.1 Å². The standard InChI is InChI=1S/C26H34ClN3O5S/c1-17(2)22(29-23(31)19-7-5-6-18(14-19)15-36(28,34)35)24(32)30-13-12-26(33,25(3,4)16-30)20-8-10-21(27)11-9-20/h5-11,14,17,22,33H,12-13,15-16H2,1-4H3,(H,29,31)(H2,28,34,35)/t22-,26+/m1/s1. The van der Waals surface area contributed by atoms with E-state index in [1.54, 1.807) is 35.2 Å². The number of hydrogen-bond acceptors (Lipinski definition) is 5. The van der Waals surface area contributed by atoms with Crippen LogP contribution in [0.25, 0.3) is 0 Å². The first-order chi connectivity index (χ1) is 16.6. The number of benzene rings is 2. The van der Waals surface area contributed by atoms with Gasteiger partial charge >= 0.3 is 0 Å². The molecule has 8 nitrogen and oxygen atoms in total. The number of rotatable bonds is 7. The Balaban J connectivity index is 1.76. The minimum absolute atomic E-state index is 0.200. The summed E-state index contributed by atoms with van der Waals surface area (Å²) in [5.74, 6) is -1.30. The number of halogens is 1. The summed E-state index contributed by atoms with van der Waals surface area (Å²) in [6.45, 7) is 8.15. The minimum atomic E-state index is -3.75. The van der Waals surface area contributed by atoms with Crippen LogP contribution in [0.2, 0.25) is 5.02 Å². The van der Waals surface area contributed by atoms with E-state index < -0.39 is 33.0 Å². The van der Waals surface area contributed by atoms with E-state index in [1.807, 2.05) is 39.8 Å². The second-order valence-corrected chi connectivity index (χ2v) is 12.5. The number of carbonyl (C=O) groups is 2. The lowest BCUT2D eigenvalue weighted by atomic mass is 9.66. The molecule has 1 aliphatic rings. The molecular formula is C26H34ClN3O5S. The molecule has 0 aromatic heterocycles. The molecule has 1 heterocycles. The molecular weight excluding hydrogens is 502 g/mol. The van der Waals surface area contributed by atoms with Gasteiger partial charge in [0.2, 0.25) is 15.9 Å². The van der Waals surface area contributed by atoms with E-state index >= 15 is 0 Å². The van der Waals surface area contributed by atoms with Gasteiger partial charge in [-0.25, -0.2) is 13.6 Å². The maximum atomic E-state index is 13.6. The number of amides is 2. The molecule has 0 unspecified atom stereocenters. The molecule has 1 aliphatic heterocycles. The van der Waals surface area contributed by atoms with Gasteiger partial charge in [-0.15, -0.1) is 0 Å². The van der Waals surface area contributed by atoms with Gasteiger partial charge in [-0.1, -0.05) is 63.6 Å². The summed E-state index contributed by atoms with van der Waals surface area (Å²) in [7, 11) is -3.75. The van der Waals surface area contributed by atoms with Gasteiger partial charge < -0.3 is 15.3 Å². The van der Waals surface area contributed by atoms with Crippen molar-refractivity contribution in [1.82, 2.24) is 10.2 Å². The number of carbonyl (C=O) groups excluding carboxylic acids is 2. The van der Waals surface area contributed by atoms with Crippen LogP contribution in [-0.2, 0) is 26.2 Å². The van der Waals surface area contributed by atoms with Crippen molar-refractivity contribution in [2.24, 2.45) is 16.5 Å². The lowest BCUT2D eigenvalue weighted by Crippen LogP contribution is -2.60. The molecule has 0 aliphatic carbocycles. The number of nitrogens with two attached hydrogens (primary N) is 1. The molecule has 0 radical (unpaired) electrons. The molecule has 2 aromatic rings. The normalized spacial score (nSPS) is 20.7. The highest BCUT2D eigenvalue weighted by atomic mass is 35.5. The zero-order valence-corrected chi connectivity index (χ0v) is 22.6. The summed E-state index contributed by atoms with van der Waals surface area (Å²) in [5.41, 5.74) is -0.434. The van der Waals surface area contributed by atoms with E-state index in [-0.39, 0.29) is 23.1 Å². The molecule has 2 amide bonds. The van der Waals surface area contributed by atoms with Gasteiger partial charge in [0.15, 0.2) is 0 Å². The van der Waals surface area contributed by atoms with E-state index in [0.717, 1.165) is 5.56 Å². The third-order valence-corrected chi connectivity index (χ3v) is 7.85. The number of hydrogen-bond donors (Lipinski definition) is 3. The highest BCUT2D eigenvalue weighted by Gasteiger charge is 2.50. The average molecular weight is 536 g/mol. The molecule has 0 saturated carbocycles. The van der Waals surface area contributed by atoms with Gasteiger partial charge in [0, 0.05) is 29.1 Å². The minimum Gasteiger partial charge on any atom is -0.384 e. The third-order valence-electron chi connectivity index (χ3n) is 6.86. The van der Waals surface area contributed by atoms with Crippen LogP contribution in [0.15, 0.2) is 48.5 Å². The molecule has 0 spiro atoms. The zero-order valence-electron chi connectivity index (χ0n) is 21.0. The maximum absolute atomic E-state index is 13.6. The van der Waals surface area contributed by atoms with Gasteiger partial charge in [0.05, 0.1) is 11.4 Å². The Morgan fingerprint density at radius 1 is 1.17 bits per heavy atom. The van der Waals surface area contributed by atoms with Crippen molar-refractivity contribution in [3.63, 3.8) is 0 Å². The number of sulfonamides is 1. The number of piperidine rings is 1. The van der Waals surface area contributed by atoms with Crippen molar-refractivity contribution >= 4 is 33.4 Å². The smallest absolute Gasteiger partial charge is 0.251 e. The van der Waals surface area contributed by atoms with E-state index in [1.165, 1.54) is 6.07 Å². The van der Waals surface area contributed by atoms with Crippen LogP contribution in [0.3, 0.4) is 0 Å². The summed E-state index contributed by atoms with van der Waals surface area (Å²) in [5, 5.41) is 20.1. The monoisotopic (exact) mass is 535 g/mol. The molecule has 0 bridgehead atoms. The first-order valence-electron chi connectivity index (χ1n) is 11.8. The first-order valence-corrected chi connectivity index (χ1v) is 13.9. The van der Waals surface area contributed by atoms with Gasteiger partial charge in [-0.05, 0) is 47.7 Å². The number of nitrogens with one attached hydrogen (secondary N) is 1. The van der Waals surface area contributed by atoms with Crippen molar-refractivity contribution in [3.8, 4) is 0 Å². The summed E-state index contributed by atoms with van der Waals surface area (Å²) < 4.78 is 22.8. The predicted octanol–water partition coefficient (Wildman–Crippen LogP) is 3.03. The Hall–Kier alpha value is -2.46. The number of primary sulfonamides is 1. The van der Waals surface area contributed by atoms with Gasteiger partial charge in [0.25, 0.3) is 5.91 Å². The van der Waals surface area contributed by atoms with Gasteiger partial charge in [0.1, 0.15) is 6.04 Å². The lowest BCUT2D eigenvalue weighted by Gasteiger charge is -2.51. The molecule has 1 saturated heterocycles. The first kappa shape index (κ1) is 28.1. The Bertz CT molecular complexity index is 1230. The molecule has 2 aromatic carbocycles. The SMILES string of the molecule is CC(C)[C@@H](NC(=O)c1cccc(CS(N)(=O)=O)c1)C(=O)N1CC[C@](O)(c2ccc(Cl)cc2)C(C)(C)C1. The van der Waals surface area contributed by atoms with E-state index in [4.69, 9.17) is 16.7 Å². The maximum Gasteiger partial charge on any atom is 0.251 e. The van der Waals surface area contributed by atoms with Crippen molar-refractivity contribution in [2.75, 3.05) is 13.1 Å². The van der Waals surface area contributed by atoms with Crippen LogP contribution in [0.1, 0.15) is 55.6 Å². The Morgan fingerprint density at radius 3 is 2.36 bits per heavy atom. The van der Waals surface area contributed by atoms with Gasteiger partial charge in [-0.3, -0.25) is 9.59 Å². The van der Waals surface area contributed by atoms with Crippen LogP contribution in [0.4, 0.5) is 0 Å².